The third-order valence-electron chi connectivity index (χ3n) is 6.66. The standard InChI is InChI=1S/C30H31N5O2/c1-22(2)37-28-14-13-27(19-23(28)20-31)34-29(33-21-32)35-17-15-26(16-18-35)30(36,24-9-5-3-6-10-24)25-11-7-4-8-12-25/h3-14,19,22,26,36H,15-18H2,1-2H3,(H,33,34). The second-order valence-electron chi connectivity index (χ2n) is 9.39. The highest BCUT2D eigenvalue weighted by atomic mass is 16.5. The summed E-state index contributed by atoms with van der Waals surface area (Å²) in [5.74, 6) is 0.910. The van der Waals surface area contributed by atoms with Crippen molar-refractivity contribution >= 4 is 11.6 Å². The summed E-state index contributed by atoms with van der Waals surface area (Å²) in [4.78, 5) is 6.66. The fourth-order valence-electron chi connectivity index (χ4n) is 4.91. The van der Waals surface area contributed by atoms with Crippen LogP contribution in [0.5, 0.6) is 5.75 Å². The van der Waals surface area contributed by atoms with E-state index < -0.39 is 5.60 Å². The molecule has 1 saturated heterocycles. The summed E-state index contributed by atoms with van der Waals surface area (Å²) in [5.41, 5.74) is 1.56. The number of aliphatic imine (C=N–C) groups is 1. The molecule has 0 atom stereocenters. The molecule has 1 aliphatic rings. The summed E-state index contributed by atoms with van der Waals surface area (Å²) in [6, 6.07) is 26.9. The zero-order valence-electron chi connectivity index (χ0n) is 21.1. The molecule has 0 spiro atoms. The average molecular weight is 494 g/mol. The normalized spacial score (nSPS) is 14.6. The molecule has 0 aliphatic carbocycles. The van der Waals surface area contributed by atoms with Crippen molar-refractivity contribution in [1.29, 1.82) is 10.5 Å². The van der Waals surface area contributed by atoms with E-state index in [9.17, 15) is 15.6 Å². The van der Waals surface area contributed by atoms with Crippen molar-refractivity contribution < 1.29 is 9.84 Å². The van der Waals surface area contributed by atoms with Gasteiger partial charge in [-0.2, -0.15) is 10.5 Å². The molecular weight excluding hydrogens is 462 g/mol. The molecule has 4 rings (SSSR count). The smallest absolute Gasteiger partial charge is 0.212 e. The number of nitriles is 2. The molecule has 7 heteroatoms. The molecule has 3 aromatic rings. The summed E-state index contributed by atoms with van der Waals surface area (Å²) in [6.07, 6.45) is 3.34. The molecule has 0 aromatic heterocycles. The molecule has 7 nitrogen and oxygen atoms in total. The van der Waals surface area contributed by atoms with Crippen LogP contribution in [0.25, 0.3) is 0 Å². The van der Waals surface area contributed by atoms with Gasteiger partial charge in [-0.05, 0) is 61.9 Å². The molecule has 1 heterocycles. The number of hydrogen-bond donors (Lipinski definition) is 2. The van der Waals surface area contributed by atoms with Crippen molar-refractivity contribution in [3.05, 3.63) is 95.6 Å². The number of hydrogen-bond acceptors (Lipinski definition) is 5. The summed E-state index contributed by atoms with van der Waals surface area (Å²) in [7, 11) is 0. The van der Waals surface area contributed by atoms with Crippen LogP contribution < -0.4 is 10.1 Å². The molecular formula is C30H31N5O2. The molecule has 3 aromatic carbocycles. The lowest BCUT2D eigenvalue weighted by Crippen LogP contribution is -2.48. The molecule has 37 heavy (non-hydrogen) atoms. The largest absolute Gasteiger partial charge is 0.490 e. The monoisotopic (exact) mass is 493 g/mol. The van der Waals surface area contributed by atoms with Gasteiger partial charge in [0.2, 0.25) is 5.96 Å². The van der Waals surface area contributed by atoms with Crippen molar-refractivity contribution in [2.24, 2.45) is 10.9 Å². The Morgan fingerprint density at radius 3 is 2.11 bits per heavy atom. The Kier molecular flexibility index (Phi) is 8.08. The lowest BCUT2D eigenvalue weighted by molar-refractivity contribution is -0.00676. The molecule has 188 valence electrons. The van der Waals surface area contributed by atoms with Crippen LogP contribution in [0.4, 0.5) is 5.69 Å². The lowest BCUT2D eigenvalue weighted by atomic mass is 9.72. The zero-order valence-corrected chi connectivity index (χ0v) is 21.1. The second-order valence-corrected chi connectivity index (χ2v) is 9.39. The van der Waals surface area contributed by atoms with Gasteiger partial charge in [-0.3, -0.25) is 5.32 Å². The number of nitrogens with zero attached hydrogens (tertiary/aromatic N) is 4. The predicted octanol–water partition coefficient (Wildman–Crippen LogP) is 5.05. The molecule has 0 radical (unpaired) electrons. The molecule has 0 saturated carbocycles. The first kappa shape index (κ1) is 25.8. The van der Waals surface area contributed by atoms with Gasteiger partial charge in [0.25, 0.3) is 0 Å². The van der Waals surface area contributed by atoms with Crippen LogP contribution in [0.3, 0.4) is 0 Å². The Balaban J connectivity index is 1.57. The summed E-state index contributed by atoms with van der Waals surface area (Å²) >= 11 is 0. The maximum Gasteiger partial charge on any atom is 0.212 e. The first-order valence-electron chi connectivity index (χ1n) is 12.5. The third-order valence-corrected chi connectivity index (χ3v) is 6.66. The van der Waals surface area contributed by atoms with Gasteiger partial charge in [0.05, 0.1) is 17.4 Å². The molecule has 1 aliphatic heterocycles. The van der Waals surface area contributed by atoms with Gasteiger partial charge in [-0.1, -0.05) is 60.7 Å². The van der Waals surface area contributed by atoms with E-state index >= 15 is 0 Å². The number of benzene rings is 3. The van der Waals surface area contributed by atoms with Crippen molar-refractivity contribution in [2.75, 3.05) is 13.1 Å². The Hall–Kier alpha value is -4.33. The van der Waals surface area contributed by atoms with E-state index in [1.165, 1.54) is 0 Å². The van der Waals surface area contributed by atoms with Gasteiger partial charge in [-0.15, -0.1) is 0 Å². The minimum absolute atomic E-state index is 0.0189. The third kappa shape index (κ3) is 5.74. The highest BCUT2D eigenvalue weighted by Gasteiger charge is 2.41. The number of piperidine rings is 1. The van der Waals surface area contributed by atoms with Crippen molar-refractivity contribution in [3.63, 3.8) is 0 Å². The van der Waals surface area contributed by atoms with Crippen LogP contribution in [0.2, 0.25) is 0 Å². The quantitative estimate of drug-likeness (QED) is 0.215. The van der Waals surface area contributed by atoms with Crippen LogP contribution >= 0.6 is 0 Å². The Labute approximate surface area is 218 Å². The highest BCUT2D eigenvalue weighted by Crippen LogP contribution is 2.42. The van der Waals surface area contributed by atoms with Crippen molar-refractivity contribution in [2.45, 2.75) is 38.4 Å². The number of guanidine groups is 1. The lowest BCUT2D eigenvalue weighted by Gasteiger charge is -2.42. The fraction of sp³-hybridized carbons (Fsp3) is 0.300. The number of likely N-dealkylation sites (tertiary alicyclic amines) is 1. The van der Waals surface area contributed by atoms with Crippen LogP contribution in [0.15, 0.2) is 83.9 Å². The molecule has 2 N–H and O–H groups in total. The Morgan fingerprint density at radius 2 is 1.59 bits per heavy atom. The maximum absolute atomic E-state index is 12.1. The molecule has 0 bridgehead atoms. The number of nitrogens with one attached hydrogen (secondary N) is 1. The van der Waals surface area contributed by atoms with Gasteiger partial charge in [-0.25, -0.2) is 4.99 Å². The first-order valence-corrected chi connectivity index (χ1v) is 12.5. The Morgan fingerprint density at radius 1 is 1.00 bits per heavy atom. The molecule has 0 unspecified atom stereocenters. The van der Waals surface area contributed by atoms with Crippen molar-refractivity contribution in [1.82, 2.24) is 10.2 Å². The van der Waals surface area contributed by atoms with E-state index in [0.29, 0.717) is 48.9 Å². The van der Waals surface area contributed by atoms with Crippen molar-refractivity contribution in [3.8, 4) is 18.0 Å². The summed E-state index contributed by atoms with van der Waals surface area (Å²) in [6.45, 7) is 5.03. The SMILES string of the molecule is CC(C)Oc1ccc(N=C(NC#N)N2CCC(C(O)(c3ccccc3)c3ccccc3)CC2)cc1C#N. The minimum Gasteiger partial charge on any atom is -0.490 e. The number of ether oxygens (including phenoxy) is 1. The van der Waals surface area contributed by atoms with E-state index in [1.807, 2.05) is 85.6 Å². The molecule has 1 fully saturated rings. The van der Waals surface area contributed by atoms with Gasteiger partial charge >= 0.3 is 0 Å². The fourth-order valence-corrected chi connectivity index (χ4v) is 4.91. The van der Waals surface area contributed by atoms with E-state index in [0.717, 1.165) is 11.1 Å². The topological polar surface area (TPSA) is 105 Å². The second kappa shape index (κ2) is 11.6. The first-order chi connectivity index (χ1) is 18.0. The average Bonchev–Trinajstić information content (AvgIpc) is 2.94. The number of aliphatic hydroxyl groups is 1. The van der Waals surface area contributed by atoms with Gasteiger partial charge in [0.1, 0.15) is 17.4 Å². The number of rotatable bonds is 6. The minimum atomic E-state index is -1.12. The van der Waals surface area contributed by atoms with Gasteiger partial charge in [0.15, 0.2) is 6.19 Å². The molecule has 0 amide bonds. The van der Waals surface area contributed by atoms with Gasteiger partial charge < -0.3 is 14.7 Å². The van der Waals surface area contributed by atoms with Gasteiger partial charge in [0, 0.05) is 13.1 Å². The maximum atomic E-state index is 12.1. The van der Waals surface area contributed by atoms with E-state index in [-0.39, 0.29) is 12.0 Å². The van der Waals surface area contributed by atoms with Crippen LogP contribution in [-0.4, -0.2) is 35.2 Å². The van der Waals surface area contributed by atoms with E-state index in [2.05, 4.69) is 16.4 Å². The zero-order chi connectivity index (χ0) is 26.3. The van der Waals surface area contributed by atoms with E-state index in [1.54, 1.807) is 18.2 Å². The summed E-state index contributed by atoms with van der Waals surface area (Å²) in [5, 5.41) is 33.8. The van der Waals surface area contributed by atoms with Crippen LogP contribution in [-0.2, 0) is 5.60 Å². The van der Waals surface area contributed by atoms with Crippen LogP contribution in [0.1, 0.15) is 43.4 Å². The van der Waals surface area contributed by atoms with Crippen LogP contribution in [0, 0.1) is 28.7 Å². The summed E-state index contributed by atoms with van der Waals surface area (Å²) < 4.78 is 5.70. The predicted molar refractivity (Wildman–Crippen MR) is 143 cm³/mol. The van der Waals surface area contributed by atoms with E-state index in [4.69, 9.17) is 4.74 Å². The highest BCUT2D eigenvalue weighted by molar-refractivity contribution is 5.84. The Bertz CT molecular complexity index is 1260.